The number of hydrogen-bond acceptors (Lipinski definition) is 8. The van der Waals surface area contributed by atoms with Crippen molar-refractivity contribution in [3.63, 3.8) is 0 Å². The van der Waals surface area contributed by atoms with Gasteiger partial charge in [0.1, 0.15) is 5.69 Å². The number of nitrogens with zero attached hydrogens (tertiary/aromatic N) is 4. The van der Waals surface area contributed by atoms with Gasteiger partial charge in [-0.15, -0.1) is 0 Å². The van der Waals surface area contributed by atoms with E-state index in [1.54, 1.807) is 13.8 Å². The Bertz CT molecular complexity index is 720. The van der Waals surface area contributed by atoms with Crippen molar-refractivity contribution < 1.29 is 14.8 Å². The molecule has 136 valence electrons. The summed E-state index contributed by atoms with van der Waals surface area (Å²) in [6.07, 6.45) is 0.800. The molecule has 1 unspecified atom stereocenters. The molecule has 0 radical (unpaired) electrons. The first kappa shape index (κ1) is 19.9. The van der Waals surface area contributed by atoms with Crippen LogP contribution >= 0.6 is 0 Å². The average molecular weight is 353 g/mol. The third-order valence-electron chi connectivity index (χ3n) is 3.92. The first-order valence-corrected chi connectivity index (χ1v) is 7.53. The van der Waals surface area contributed by atoms with Gasteiger partial charge in [-0.2, -0.15) is 5.10 Å². The number of rotatable bonds is 9. The fraction of sp³-hybridized carbons (Fsp3) is 0.500. The van der Waals surface area contributed by atoms with Crippen LogP contribution in [0.1, 0.15) is 40.0 Å². The van der Waals surface area contributed by atoms with E-state index >= 15 is 0 Å². The predicted molar refractivity (Wildman–Crippen MR) is 91.4 cm³/mol. The summed E-state index contributed by atoms with van der Waals surface area (Å²) in [6.45, 7) is 4.97. The van der Waals surface area contributed by atoms with Crippen molar-refractivity contribution in [1.82, 2.24) is 0 Å². The second-order valence-electron chi connectivity index (χ2n) is 5.64. The normalized spacial score (nSPS) is 13.8. The monoisotopic (exact) mass is 353 g/mol. The van der Waals surface area contributed by atoms with Crippen molar-refractivity contribution in [3.05, 3.63) is 48.5 Å². The van der Waals surface area contributed by atoms with Crippen molar-refractivity contribution in [1.29, 1.82) is 0 Å². The lowest BCUT2D eigenvalue weighted by molar-refractivity contribution is -0.564. The minimum atomic E-state index is -1.18. The fourth-order valence-electron chi connectivity index (χ4n) is 2.02. The molecular formula is C14H19N5O6. The van der Waals surface area contributed by atoms with E-state index in [0.717, 1.165) is 12.1 Å². The van der Waals surface area contributed by atoms with Crippen LogP contribution in [-0.4, -0.2) is 26.0 Å². The molecule has 0 aliphatic heterocycles. The van der Waals surface area contributed by atoms with Crippen molar-refractivity contribution in [3.8, 4) is 0 Å². The van der Waals surface area contributed by atoms with Gasteiger partial charge in [-0.3, -0.25) is 35.8 Å². The third kappa shape index (κ3) is 4.93. The first-order chi connectivity index (χ1) is 11.6. The summed E-state index contributed by atoms with van der Waals surface area (Å²) in [5, 5.41) is 37.0. The summed E-state index contributed by atoms with van der Waals surface area (Å²) in [4.78, 5) is 31.1. The highest BCUT2D eigenvalue weighted by Gasteiger charge is 2.36. The van der Waals surface area contributed by atoms with E-state index in [1.807, 2.05) is 0 Å². The molecular weight excluding hydrogens is 334 g/mol. The van der Waals surface area contributed by atoms with Crippen LogP contribution in [0.2, 0.25) is 0 Å². The van der Waals surface area contributed by atoms with E-state index in [4.69, 9.17) is 0 Å². The Morgan fingerprint density at radius 1 is 1.16 bits per heavy atom. The zero-order chi connectivity index (χ0) is 19.2. The van der Waals surface area contributed by atoms with Gasteiger partial charge < -0.3 is 0 Å². The number of benzene rings is 1. The zero-order valence-corrected chi connectivity index (χ0v) is 14.1. The highest BCUT2D eigenvalue weighted by molar-refractivity contribution is 5.86. The van der Waals surface area contributed by atoms with E-state index in [9.17, 15) is 30.3 Å². The number of hydrazone groups is 1. The lowest BCUT2D eigenvalue weighted by Crippen LogP contribution is -2.36. The Kier molecular flexibility index (Phi) is 6.48. The van der Waals surface area contributed by atoms with Crippen LogP contribution in [0.5, 0.6) is 0 Å². The molecule has 0 spiro atoms. The number of nitro benzene ring substituents is 2. The van der Waals surface area contributed by atoms with Crippen LogP contribution in [0, 0.1) is 30.3 Å². The Morgan fingerprint density at radius 2 is 1.80 bits per heavy atom. The van der Waals surface area contributed by atoms with Crippen molar-refractivity contribution >= 4 is 22.8 Å². The van der Waals surface area contributed by atoms with Crippen molar-refractivity contribution in [2.45, 2.75) is 45.6 Å². The lowest BCUT2D eigenvalue weighted by Gasteiger charge is -2.19. The molecule has 1 rings (SSSR count). The largest absolute Gasteiger partial charge is 0.301 e. The van der Waals surface area contributed by atoms with Crippen LogP contribution in [0.4, 0.5) is 17.1 Å². The molecule has 0 amide bonds. The Labute approximate surface area is 143 Å². The highest BCUT2D eigenvalue weighted by atomic mass is 16.6. The molecule has 11 heteroatoms. The molecule has 1 aromatic carbocycles. The van der Waals surface area contributed by atoms with Gasteiger partial charge >= 0.3 is 5.69 Å². The molecule has 25 heavy (non-hydrogen) atoms. The Hall–Kier alpha value is -3.11. The molecule has 11 nitrogen and oxygen atoms in total. The number of nitrogens with one attached hydrogen (secondary N) is 1. The molecule has 0 saturated heterocycles. The highest BCUT2D eigenvalue weighted by Crippen LogP contribution is 2.29. The molecule has 0 saturated carbocycles. The molecule has 0 bridgehead atoms. The minimum Gasteiger partial charge on any atom is -0.272 e. The first-order valence-electron chi connectivity index (χ1n) is 7.53. The van der Waals surface area contributed by atoms with Gasteiger partial charge in [-0.1, -0.05) is 13.8 Å². The summed E-state index contributed by atoms with van der Waals surface area (Å²) < 4.78 is 0. The van der Waals surface area contributed by atoms with Gasteiger partial charge in [0.2, 0.25) is 5.54 Å². The average Bonchev–Trinajstić information content (AvgIpc) is 2.57. The molecule has 0 heterocycles. The second kappa shape index (κ2) is 8.13. The van der Waals surface area contributed by atoms with Gasteiger partial charge in [0.25, 0.3) is 5.69 Å². The van der Waals surface area contributed by atoms with Gasteiger partial charge in [0, 0.05) is 30.0 Å². The quantitative estimate of drug-likeness (QED) is 0.404. The number of non-ortho nitro benzene ring substituents is 1. The van der Waals surface area contributed by atoms with Crippen LogP contribution in [0.3, 0.4) is 0 Å². The topological polar surface area (TPSA) is 154 Å². The molecule has 0 aliphatic rings. The van der Waals surface area contributed by atoms with Crippen molar-refractivity contribution in [2.75, 3.05) is 5.43 Å². The molecule has 0 aromatic heterocycles. The van der Waals surface area contributed by atoms with E-state index in [2.05, 4.69) is 10.5 Å². The smallest absolute Gasteiger partial charge is 0.272 e. The van der Waals surface area contributed by atoms with E-state index in [1.165, 1.54) is 13.0 Å². The summed E-state index contributed by atoms with van der Waals surface area (Å²) in [5.41, 5.74) is 0.843. The lowest BCUT2D eigenvalue weighted by atomic mass is 9.92. The Balaban J connectivity index is 3.11. The van der Waals surface area contributed by atoms with Gasteiger partial charge in [0.15, 0.2) is 0 Å². The maximum absolute atomic E-state index is 11.2. The van der Waals surface area contributed by atoms with Crippen LogP contribution < -0.4 is 5.43 Å². The summed E-state index contributed by atoms with van der Waals surface area (Å²) in [7, 11) is 0. The number of hydrogen-bond donors (Lipinski definition) is 1. The SMILES string of the molecule is CC/C(CC(C)(CC)[N+](=O)[O-])=N\Nc1ccc([N+](=O)[O-])cc1[N+](=O)[O-]. The van der Waals surface area contributed by atoms with Crippen LogP contribution in [-0.2, 0) is 0 Å². The number of anilines is 1. The molecule has 0 aliphatic carbocycles. The standard InChI is InChI=1S/C14H19N5O6/c1-4-10(9-14(3,5-2)19(24)25)15-16-12-7-6-11(17(20)21)8-13(12)18(22)23/h6-8,16H,4-5,9H2,1-3H3/b15-10+. The van der Waals surface area contributed by atoms with Crippen LogP contribution in [0.15, 0.2) is 23.3 Å². The molecule has 1 atom stereocenters. The maximum Gasteiger partial charge on any atom is 0.301 e. The fourth-order valence-corrected chi connectivity index (χ4v) is 2.02. The minimum absolute atomic E-state index is 0.0270. The van der Waals surface area contributed by atoms with E-state index in [0.29, 0.717) is 18.6 Å². The van der Waals surface area contributed by atoms with Crippen LogP contribution in [0.25, 0.3) is 0 Å². The Morgan fingerprint density at radius 3 is 2.24 bits per heavy atom. The number of nitro groups is 3. The third-order valence-corrected chi connectivity index (χ3v) is 3.92. The summed E-state index contributed by atoms with van der Waals surface area (Å²) in [5.74, 6) is 0. The second-order valence-corrected chi connectivity index (χ2v) is 5.64. The molecule has 1 N–H and O–H groups in total. The van der Waals surface area contributed by atoms with E-state index < -0.39 is 26.8 Å². The maximum atomic E-state index is 11.2. The zero-order valence-electron chi connectivity index (χ0n) is 14.1. The van der Waals surface area contributed by atoms with Crippen molar-refractivity contribution in [2.24, 2.45) is 5.10 Å². The summed E-state index contributed by atoms with van der Waals surface area (Å²) >= 11 is 0. The van der Waals surface area contributed by atoms with Gasteiger partial charge in [0.05, 0.1) is 22.3 Å². The van der Waals surface area contributed by atoms with Gasteiger partial charge in [-0.25, -0.2) is 0 Å². The predicted octanol–water partition coefficient (Wildman–Crippen LogP) is 3.52. The molecule has 0 fully saturated rings. The summed E-state index contributed by atoms with van der Waals surface area (Å²) in [6, 6.07) is 3.12. The van der Waals surface area contributed by atoms with E-state index in [-0.39, 0.29) is 17.0 Å². The van der Waals surface area contributed by atoms with Gasteiger partial charge in [-0.05, 0) is 12.5 Å². The molecule has 1 aromatic rings.